The van der Waals surface area contributed by atoms with E-state index in [9.17, 15) is 22.4 Å². The molecule has 41 heavy (non-hydrogen) atoms. The summed E-state index contributed by atoms with van der Waals surface area (Å²) >= 11 is 0. The Bertz CT molecular complexity index is 1520. The van der Waals surface area contributed by atoms with Gasteiger partial charge in [0.15, 0.2) is 0 Å². The van der Waals surface area contributed by atoms with E-state index in [1.54, 1.807) is 12.1 Å². The minimum Gasteiger partial charge on any atom is -0.492 e. The highest BCUT2D eigenvalue weighted by molar-refractivity contribution is 7.86. The molecule has 10 heteroatoms. The van der Waals surface area contributed by atoms with Gasteiger partial charge in [-0.25, -0.2) is 4.39 Å². The largest absolute Gasteiger partial charge is 0.492 e. The fourth-order valence-electron chi connectivity index (χ4n) is 5.02. The lowest BCUT2D eigenvalue weighted by atomic mass is 9.94. The van der Waals surface area contributed by atoms with Crippen molar-refractivity contribution in [3.8, 4) is 16.9 Å². The van der Waals surface area contributed by atoms with Crippen LogP contribution in [0.3, 0.4) is 0 Å². The molecule has 0 atom stereocenters. The predicted molar refractivity (Wildman–Crippen MR) is 156 cm³/mol. The number of amides is 1. The summed E-state index contributed by atoms with van der Waals surface area (Å²) in [7, 11) is -3.88. The van der Waals surface area contributed by atoms with Gasteiger partial charge in [0.1, 0.15) is 18.2 Å². The third-order valence-corrected chi connectivity index (χ3v) is 7.40. The van der Waals surface area contributed by atoms with Gasteiger partial charge in [-0.3, -0.25) is 9.59 Å². The quantitative estimate of drug-likeness (QED) is 0.295. The summed E-state index contributed by atoms with van der Waals surface area (Å²) in [6.45, 7) is 6.44. The smallest absolute Gasteiger partial charge is 0.322 e. The molecule has 1 saturated heterocycles. The molecule has 1 heterocycles. The zero-order valence-electron chi connectivity index (χ0n) is 23.5. The number of nitrogens with zero attached hydrogens (tertiary/aromatic N) is 1. The van der Waals surface area contributed by atoms with Crippen molar-refractivity contribution in [2.24, 2.45) is 0 Å². The second-order valence-corrected chi connectivity index (χ2v) is 11.9. The van der Waals surface area contributed by atoms with Gasteiger partial charge < -0.3 is 19.1 Å². The molecule has 0 radical (unpaired) electrons. The number of anilines is 1. The van der Waals surface area contributed by atoms with Gasteiger partial charge in [0.25, 0.3) is 0 Å². The summed E-state index contributed by atoms with van der Waals surface area (Å²) in [5.74, 6) is -0.431. The van der Waals surface area contributed by atoms with Gasteiger partial charge >= 0.3 is 16.1 Å². The summed E-state index contributed by atoms with van der Waals surface area (Å²) in [6, 6.07) is 16.8. The fraction of sp³-hybridized carbons (Fsp3) is 0.355. The van der Waals surface area contributed by atoms with Crippen molar-refractivity contribution in [2.75, 3.05) is 31.3 Å². The first-order valence-electron chi connectivity index (χ1n) is 13.5. The van der Waals surface area contributed by atoms with E-state index in [-0.39, 0.29) is 18.7 Å². The van der Waals surface area contributed by atoms with Crippen LogP contribution in [0, 0.1) is 19.7 Å². The van der Waals surface area contributed by atoms with E-state index < -0.39 is 21.9 Å². The Morgan fingerprint density at radius 3 is 2.49 bits per heavy atom. The minimum atomic E-state index is -3.88. The number of hydrogen-bond acceptors (Lipinski definition) is 7. The Labute approximate surface area is 240 Å². The molecule has 218 valence electrons. The van der Waals surface area contributed by atoms with Crippen molar-refractivity contribution < 1.29 is 31.3 Å². The van der Waals surface area contributed by atoms with Gasteiger partial charge in [-0.15, -0.1) is 0 Å². The van der Waals surface area contributed by atoms with Crippen molar-refractivity contribution in [3.05, 3.63) is 82.7 Å². The number of halogens is 1. The van der Waals surface area contributed by atoms with Crippen LogP contribution >= 0.6 is 0 Å². The molecule has 8 nitrogen and oxygen atoms in total. The first-order valence-corrected chi connectivity index (χ1v) is 15.4. The second-order valence-electron chi connectivity index (χ2n) is 10.3. The van der Waals surface area contributed by atoms with Crippen LogP contribution in [0.2, 0.25) is 0 Å². The third-order valence-electron chi connectivity index (χ3n) is 6.92. The molecule has 1 N–H and O–H groups in total. The number of hydrogen-bond donors (Lipinski definition) is 1. The molecule has 0 unspecified atom stereocenters. The highest BCUT2D eigenvalue weighted by atomic mass is 32.2. The third kappa shape index (κ3) is 8.53. The van der Waals surface area contributed by atoms with Crippen LogP contribution < -0.4 is 10.1 Å². The minimum absolute atomic E-state index is 0.0309. The molecule has 4 rings (SSSR count). The van der Waals surface area contributed by atoms with Gasteiger partial charge in [0.2, 0.25) is 5.91 Å². The number of aryl methyl sites for hydroxylation is 3. The normalized spacial score (nSPS) is 13.4. The van der Waals surface area contributed by atoms with E-state index in [4.69, 9.17) is 4.74 Å². The van der Waals surface area contributed by atoms with Crippen molar-refractivity contribution in [3.63, 3.8) is 0 Å². The van der Waals surface area contributed by atoms with Crippen LogP contribution in [-0.4, -0.2) is 51.1 Å². The van der Waals surface area contributed by atoms with E-state index in [0.717, 1.165) is 52.8 Å². The molecule has 0 bridgehead atoms. The summed E-state index contributed by atoms with van der Waals surface area (Å²) in [5.41, 5.74) is 6.26. The maximum absolute atomic E-state index is 14.6. The predicted octanol–water partition coefficient (Wildman–Crippen LogP) is 5.16. The molecular weight excluding hydrogens is 547 g/mol. The Morgan fingerprint density at radius 1 is 1.07 bits per heavy atom. The highest BCUT2D eigenvalue weighted by Gasteiger charge is 2.19. The van der Waals surface area contributed by atoms with Gasteiger partial charge in [-0.2, -0.15) is 8.42 Å². The molecule has 1 amide bonds. The number of carbonyl (C=O) groups excluding carboxylic acids is 2. The molecule has 0 aliphatic carbocycles. The Hall–Kier alpha value is -3.92. The van der Waals surface area contributed by atoms with Gasteiger partial charge in [-0.05, 0) is 90.4 Å². The van der Waals surface area contributed by atoms with Crippen molar-refractivity contribution >= 4 is 27.7 Å². The first-order chi connectivity index (χ1) is 19.5. The summed E-state index contributed by atoms with van der Waals surface area (Å²) in [6.07, 6.45) is 2.12. The molecule has 1 aliphatic rings. The van der Waals surface area contributed by atoms with Crippen LogP contribution in [0.5, 0.6) is 5.75 Å². The maximum Gasteiger partial charge on any atom is 0.322 e. The monoisotopic (exact) mass is 582 g/mol. The summed E-state index contributed by atoms with van der Waals surface area (Å²) in [5, 5.41) is 3.23. The van der Waals surface area contributed by atoms with E-state index in [2.05, 4.69) is 35.5 Å². The average molecular weight is 583 g/mol. The number of benzene rings is 3. The highest BCUT2D eigenvalue weighted by Crippen LogP contribution is 2.32. The topological polar surface area (TPSA) is 102 Å². The molecule has 3 aromatic carbocycles. The molecular formula is C31H35FN2O6S. The Morgan fingerprint density at radius 2 is 1.83 bits per heavy atom. The van der Waals surface area contributed by atoms with Crippen molar-refractivity contribution in [1.29, 1.82) is 0 Å². The SMILES string of the molecule is Cc1cc(OCCN2CCCC2=O)cc(C)c1-c1cccc(CNc2ccc(CCC(=O)OS(C)(=O)=O)c(F)c2)c1. The molecule has 1 fully saturated rings. The van der Waals surface area contributed by atoms with E-state index in [1.165, 1.54) is 6.07 Å². The number of carbonyl (C=O) groups is 2. The van der Waals surface area contributed by atoms with Gasteiger partial charge in [0, 0.05) is 25.2 Å². The number of ether oxygens (including phenoxy) is 1. The Kier molecular flexibility index (Phi) is 9.65. The van der Waals surface area contributed by atoms with E-state index in [0.29, 0.717) is 37.4 Å². The fourth-order valence-corrected chi connectivity index (χ4v) is 5.45. The number of rotatable bonds is 12. The molecule has 1 aliphatic heterocycles. The summed E-state index contributed by atoms with van der Waals surface area (Å²) < 4.78 is 46.9. The zero-order valence-corrected chi connectivity index (χ0v) is 24.4. The van der Waals surface area contributed by atoms with Crippen LogP contribution in [0.15, 0.2) is 54.6 Å². The van der Waals surface area contributed by atoms with Crippen LogP contribution in [0.25, 0.3) is 11.1 Å². The van der Waals surface area contributed by atoms with Gasteiger partial charge in [0.05, 0.1) is 19.2 Å². The molecule has 0 spiro atoms. The lowest BCUT2D eigenvalue weighted by Gasteiger charge is -2.18. The van der Waals surface area contributed by atoms with Crippen LogP contribution in [-0.2, 0) is 36.9 Å². The molecule has 3 aromatic rings. The van der Waals surface area contributed by atoms with Crippen LogP contribution in [0.4, 0.5) is 10.1 Å². The standard InChI is InChI=1S/C31H35FN2O6S/c1-21-16-27(39-15-14-34-13-5-8-29(34)35)17-22(2)31(21)25-7-4-6-23(18-25)20-33-26-11-9-24(28(32)19-26)10-12-30(36)40-41(3,37)38/h4,6-7,9,11,16-19,33H,5,8,10,12-15,20H2,1-3H3. The zero-order chi connectivity index (χ0) is 29.6. The lowest BCUT2D eigenvalue weighted by Crippen LogP contribution is -2.29. The van der Waals surface area contributed by atoms with E-state index in [1.807, 2.05) is 29.2 Å². The molecule has 0 aromatic heterocycles. The summed E-state index contributed by atoms with van der Waals surface area (Å²) in [4.78, 5) is 25.3. The lowest BCUT2D eigenvalue weighted by molar-refractivity contribution is -0.133. The Balaban J connectivity index is 1.35. The van der Waals surface area contributed by atoms with E-state index >= 15 is 0 Å². The van der Waals surface area contributed by atoms with Crippen molar-refractivity contribution in [2.45, 2.75) is 46.1 Å². The van der Waals surface area contributed by atoms with Gasteiger partial charge in [-0.1, -0.05) is 24.3 Å². The average Bonchev–Trinajstić information content (AvgIpc) is 3.30. The number of nitrogens with one attached hydrogen (secondary N) is 1. The van der Waals surface area contributed by atoms with Crippen molar-refractivity contribution in [1.82, 2.24) is 4.90 Å². The first kappa shape index (κ1) is 30.0. The molecule has 0 saturated carbocycles. The number of likely N-dealkylation sites (tertiary alicyclic amines) is 1. The second kappa shape index (κ2) is 13.2. The van der Waals surface area contributed by atoms with Crippen LogP contribution in [0.1, 0.15) is 41.5 Å². The maximum atomic E-state index is 14.6.